The van der Waals surface area contributed by atoms with Gasteiger partial charge in [-0.05, 0) is 56.0 Å². The molecule has 0 N–H and O–H groups in total. The van der Waals surface area contributed by atoms with Gasteiger partial charge in [0.25, 0.3) is 0 Å². The number of anilines is 2. The molecule has 0 bridgehead atoms. The standard InChI is InChI=1S/C21H22N4OS/c26-20-5-1-2-12-25(20)16-7-8-17-18(13-16)27-21(23-17)15-6-9-19(22-14-15)24-10-3-4-11-24/h6-9,13-14H,1-5,10-12H2. The largest absolute Gasteiger partial charge is 0.357 e. The number of pyridine rings is 1. The Kier molecular flexibility index (Phi) is 4.28. The van der Waals surface area contributed by atoms with Gasteiger partial charge in [0.05, 0.1) is 10.2 Å². The number of piperidine rings is 1. The first-order chi connectivity index (χ1) is 13.3. The van der Waals surface area contributed by atoms with E-state index >= 15 is 0 Å². The van der Waals surface area contributed by atoms with Crippen molar-refractivity contribution in [3.63, 3.8) is 0 Å². The van der Waals surface area contributed by atoms with Gasteiger partial charge in [-0.1, -0.05) is 0 Å². The summed E-state index contributed by atoms with van der Waals surface area (Å²) in [5.41, 5.74) is 3.02. The summed E-state index contributed by atoms with van der Waals surface area (Å²) in [6.45, 7) is 3.02. The fraction of sp³-hybridized carbons (Fsp3) is 0.381. The van der Waals surface area contributed by atoms with Gasteiger partial charge in [-0.2, -0.15) is 0 Å². The maximum atomic E-state index is 12.2. The van der Waals surface area contributed by atoms with E-state index in [4.69, 9.17) is 4.98 Å². The van der Waals surface area contributed by atoms with Crippen LogP contribution < -0.4 is 9.80 Å². The summed E-state index contributed by atoms with van der Waals surface area (Å²) in [6, 6.07) is 10.4. The normalized spacial score (nSPS) is 17.9. The number of hydrogen-bond donors (Lipinski definition) is 0. The van der Waals surface area contributed by atoms with E-state index in [2.05, 4.69) is 28.1 Å². The highest BCUT2D eigenvalue weighted by molar-refractivity contribution is 7.21. The zero-order valence-electron chi connectivity index (χ0n) is 15.2. The minimum Gasteiger partial charge on any atom is -0.357 e. The molecule has 0 spiro atoms. The Morgan fingerprint density at radius 2 is 1.81 bits per heavy atom. The Morgan fingerprint density at radius 1 is 0.963 bits per heavy atom. The van der Waals surface area contributed by atoms with Gasteiger partial charge in [-0.3, -0.25) is 4.79 Å². The molecule has 4 heterocycles. The van der Waals surface area contributed by atoms with Crippen LogP contribution in [-0.4, -0.2) is 35.5 Å². The van der Waals surface area contributed by atoms with Gasteiger partial charge in [-0.15, -0.1) is 11.3 Å². The van der Waals surface area contributed by atoms with E-state index in [0.717, 1.165) is 64.8 Å². The number of carbonyl (C=O) groups is 1. The van der Waals surface area contributed by atoms with Crippen LogP contribution >= 0.6 is 11.3 Å². The van der Waals surface area contributed by atoms with Crippen molar-refractivity contribution in [2.24, 2.45) is 0 Å². The lowest BCUT2D eigenvalue weighted by molar-refractivity contribution is -0.119. The molecule has 0 saturated carbocycles. The van der Waals surface area contributed by atoms with E-state index < -0.39 is 0 Å². The number of thiazole rings is 1. The van der Waals surface area contributed by atoms with Crippen LogP contribution in [0.15, 0.2) is 36.5 Å². The molecule has 2 aliphatic heterocycles. The maximum Gasteiger partial charge on any atom is 0.226 e. The van der Waals surface area contributed by atoms with Crippen molar-refractivity contribution >= 4 is 39.0 Å². The first kappa shape index (κ1) is 16.7. The molecule has 5 nitrogen and oxygen atoms in total. The van der Waals surface area contributed by atoms with Crippen molar-refractivity contribution in [3.8, 4) is 10.6 Å². The molecule has 5 rings (SSSR count). The predicted octanol–water partition coefficient (Wildman–Crippen LogP) is 4.48. The molecule has 27 heavy (non-hydrogen) atoms. The Balaban J connectivity index is 1.43. The molecule has 0 unspecified atom stereocenters. The molecule has 138 valence electrons. The van der Waals surface area contributed by atoms with Crippen molar-refractivity contribution in [2.45, 2.75) is 32.1 Å². The quantitative estimate of drug-likeness (QED) is 0.674. The first-order valence-corrected chi connectivity index (χ1v) is 10.5. The van der Waals surface area contributed by atoms with E-state index in [9.17, 15) is 4.79 Å². The fourth-order valence-electron chi connectivity index (χ4n) is 3.93. The minimum atomic E-state index is 0.229. The van der Waals surface area contributed by atoms with E-state index in [0.29, 0.717) is 6.42 Å². The summed E-state index contributed by atoms with van der Waals surface area (Å²) in [7, 11) is 0. The maximum absolute atomic E-state index is 12.2. The van der Waals surface area contributed by atoms with Crippen LogP contribution in [-0.2, 0) is 4.79 Å². The van der Waals surface area contributed by atoms with Crippen LogP contribution in [0.25, 0.3) is 20.8 Å². The lowest BCUT2D eigenvalue weighted by Gasteiger charge is -2.26. The van der Waals surface area contributed by atoms with Crippen LogP contribution in [0.5, 0.6) is 0 Å². The molecule has 2 aromatic heterocycles. The van der Waals surface area contributed by atoms with Gasteiger partial charge in [0, 0.05) is 43.5 Å². The van der Waals surface area contributed by atoms with Crippen LogP contribution in [0, 0.1) is 0 Å². The van der Waals surface area contributed by atoms with Crippen molar-refractivity contribution in [1.29, 1.82) is 0 Å². The highest BCUT2D eigenvalue weighted by Crippen LogP contribution is 2.33. The van der Waals surface area contributed by atoms with Gasteiger partial charge >= 0.3 is 0 Å². The SMILES string of the molecule is O=C1CCCCN1c1ccc2nc(-c3ccc(N4CCCC4)nc3)sc2c1. The molecule has 1 aromatic carbocycles. The predicted molar refractivity (Wildman–Crippen MR) is 111 cm³/mol. The Hall–Kier alpha value is -2.47. The monoisotopic (exact) mass is 378 g/mol. The fourth-order valence-corrected chi connectivity index (χ4v) is 4.92. The molecular formula is C21H22N4OS. The zero-order chi connectivity index (χ0) is 18.2. The summed E-state index contributed by atoms with van der Waals surface area (Å²) in [5.74, 6) is 1.29. The third kappa shape index (κ3) is 3.18. The average molecular weight is 379 g/mol. The van der Waals surface area contributed by atoms with Crippen molar-refractivity contribution in [2.75, 3.05) is 29.4 Å². The second kappa shape index (κ2) is 6.93. The molecule has 2 saturated heterocycles. The number of benzene rings is 1. The first-order valence-electron chi connectivity index (χ1n) is 9.70. The highest BCUT2D eigenvalue weighted by Gasteiger charge is 2.20. The summed E-state index contributed by atoms with van der Waals surface area (Å²) in [4.78, 5) is 25.9. The summed E-state index contributed by atoms with van der Waals surface area (Å²) in [6.07, 6.45) is 7.17. The van der Waals surface area contributed by atoms with E-state index in [1.165, 1.54) is 12.8 Å². The third-order valence-corrected chi connectivity index (χ3v) is 6.50. The minimum absolute atomic E-state index is 0.229. The van der Waals surface area contributed by atoms with Gasteiger partial charge in [0.15, 0.2) is 0 Å². The smallest absolute Gasteiger partial charge is 0.226 e. The summed E-state index contributed by atoms with van der Waals surface area (Å²) >= 11 is 1.67. The second-order valence-corrected chi connectivity index (χ2v) is 8.30. The molecule has 2 aliphatic rings. The third-order valence-electron chi connectivity index (χ3n) is 5.43. The molecule has 0 aliphatic carbocycles. The summed E-state index contributed by atoms with van der Waals surface area (Å²) in [5, 5.41) is 0.979. The topological polar surface area (TPSA) is 49.3 Å². The number of hydrogen-bond acceptors (Lipinski definition) is 5. The van der Waals surface area contributed by atoms with Crippen molar-refractivity contribution in [3.05, 3.63) is 36.5 Å². The highest BCUT2D eigenvalue weighted by atomic mass is 32.1. The van der Waals surface area contributed by atoms with Gasteiger partial charge in [-0.25, -0.2) is 9.97 Å². The molecule has 0 atom stereocenters. The zero-order valence-corrected chi connectivity index (χ0v) is 16.0. The van der Waals surface area contributed by atoms with Crippen LogP contribution in [0.2, 0.25) is 0 Å². The van der Waals surface area contributed by atoms with E-state index in [1.807, 2.05) is 23.2 Å². The number of fused-ring (bicyclic) bond motifs is 1. The van der Waals surface area contributed by atoms with Gasteiger partial charge < -0.3 is 9.80 Å². The molecule has 1 amide bonds. The molecular weight excluding hydrogens is 356 g/mol. The number of carbonyl (C=O) groups excluding carboxylic acids is 1. The Bertz CT molecular complexity index is 976. The molecule has 3 aromatic rings. The average Bonchev–Trinajstić information content (AvgIpc) is 3.38. The Labute approximate surface area is 162 Å². The second-order valence-electron chi connectivity index (χ2n) is 7.27. The number of aromatic nitrogens is 2. The lowest BCUT2D eigenvalue weighted by Crippen LogP contribution is -2.35. The van der Waals surface area contributed by atoms with E-state index in [1.54, 1.807) is 11.3 Å². The number of rotatable bonds is 3. The van der Waals surface area contributed by atoms with Crippen molar-refractivity contribution < 1.29 is 4.79 Å². The van der Waals surface area contributed by atoms with Gasteiger partial charge in [0.2, 0.25) is 5.91 Å². The van der Waals surface area contributed by atoms with Gasteiger partial charge in [0.1, 0.15) is 10.8 Å². The number of amides is 1. The van der Waals surface area contributed by atoms with Crippen molar-refractivity contribution in [1.82, 2.24) is 9.97 Å². The van der Waals surface area contributed by atoms with Crippen LogP contribution in [0.3, 0.4) is 0 Å². The van der Waals surface area contributed by atoms with E-state index in [-0.39, 0.29) is 5.91 Å². The molecule has 6 heteroatoms. The lowest BCUT2D eigenvalue weighted by atomic mass is 10.1. The molecule has 0 radical (unpaired) electrons. The number of nitrogens with zero attached hydrogens (tertiary/aromatic N) is 4. The molecule has 2 fully saturated rings. The summed E-state index contributed by atoms with van der Waals surface area (Å²) < 4.78 is 1.12. The Morgan fingerprint density at radius 3 is 2.59 bits per heavy atom. The van der Waals surface area contributed by atoms with Crippen LogP contribution in [0.4, 0.5) is 11.5 Å². The van der Waals surface area contributed by atoms with Crippen LogP contribution in [0.1, 0.15) is 32.1 Å².